The number of unbranched alkanes of at least 4 members (excludes halogenated alkanes) is 1. The number of rotatable bonds is 17. The lowest BCUT2D eigenvalue weighted by Gasteiger charge is -2.27. The quantitative estimate of drug-likeness (QED) is 0.193. The number of aromatic nitrogens is 3. The zero-order valence-corrected chi connectivity index (χ0v) is 22.8. The van der Waals surface area contributed by atoms with Crippen LogP contribution in [0.25, 0.3) is 0 Å². The largest absolute Gasteiger partial charge is 0.480 e. The first kappa shape index (κ1) is 32.8. The number of nitrogens with one attached hydrogen (secondary N) is 2. The number of hydrogen-bond acceptors (Lipinski definition) is 8. The number of carbonyl (C=O) groups is 2. The van der Waals surface area contributed by atoms with Crippen molar-refractivity contribution in [3.63, 3.8) is 0 Å². The van der Waals surface area contributed by atoms with E-state index in [1.807, 2.05) is 31.0 Å². The van der Waals surface area contributed by atoms with Gasteiger partial charge < -0.3 is 25.4 Å². The van der Waals surface area contributed by atoms with Crippen molar-refractivity contribution in [2.45, 2.75) is 57.3 Å². The molecule has 0 aromatic carbocycles. The summed E-state index contributed by atoms with van der Waals surface area (Å²) < 4.78 is 58.2. The van der Waals surface area contributed by atoms with Crippen LogP contribution in [0.2, 0.25) is 0 Å². The normalized spacial score (nSPS) is 13.2. The van der Waals surface area contributed by atoms with Crippen LogP contribution in [0.4, 0.5) is 23.4 Å². The summed E-state index contributed by atoms with van der Waals surface area (Å²) in [6.45, 7) is 2.08. The Hall–Kier alpha value is -3.39. The lowest BCUT2D eigenvalue weighted by Crippen LogP contribution is -2.45. The summed E-state index contributed by atoms with van der Waals surface area (Å²) in [5.41, 5.74) is -0.304. The number of nitrogens with zero attached hydrogens (tertiary/aromatic N) is 4. The molecular weight excluding hydrogens is 536 g/mol. The molecule has 40 heavy (non-hydrogen) atoms. The first-order valence-corrected chi connectivity index (χ1v) is 12.9. The molecule has 0 aliphatic rings. The molecule has 2 aromatic heterocycles. The van der Waals surface area contributed by atoms with Crippen molar-refractivity contribution < 1.29 is 37.0 Å². The van der Waals surface area contributed by atoms with E-state index in [4.69, 9.17) is 4.74 Å². The summed E-state index contributed by atoms with van der Waals surface area (Å²) in [6.07, 6.45) is -1.53. The first-order valence-electron chi connectivity index (χ1n) is 12.9. The molecule has 0 bridgehead atoms. The molecule has 3 N–H and O–H groups in total. The van der Waals surface area contributed by atoms with Crippen LogP contribution < -0.4 is 10.6 Å². The number of anilines is 1. The average molecular weight is 573 g/mol. The second-order valence-corrected chi connectivity index (χ2v) is 9.12. The first-order chi connectivity index (χ1) is 19.0. The number of ether oxygens (including phenoxy) is 1. The van der Waals surface area contributed by atoms with E-state index in [0.29, 0.717) is 25.6 Å². The lowest BCUT2D eigenvalue weighted by atomic mass is 10.1. The minimum Gasteiger partial charge on any atom is -0.480 e. The number of amides is 1. The zero-order chi connectivity index (χ0) is 29.7. The SMILES string of the molecule is CCc1ccc(CCCCN(CCC(NC(=O)c2ncncc2C(F)(F)F)C(=O)O)CC(CF)OC)nc1NC. The maximum absolute atomic E-state index is 13.4. The molecule has 222 valence electrons. The number of carbonyl (C=O) groups excluding carboxylic acids is 1. The van der Waals surface area contributed by atoms with Crippen molar-refractivity contribution in [2.75, 3.05) is 45.8 Å². The number of pyridine rings is 1. The van der Waals surface area contributed by atoms with Crippen LogP contribution in [0.15, 0.2) is 24.7 Å². The molecule has 0 saturated heterocycles. The van der Waals surface area contributed by atoms with Crippen molar-refractivity contribution in [3.8, 4) is 0 Å². The molecule has 1 amide bonds. The van der Waals surface area contributed by atoms with E-state index in [1.54, 1.807) is 0 Å². The Balaban J connectivity index is 2.02. The summed E-state index contributed by atoms with van der Waals surface area (Å²) in [5, 5.41) is 14.8. The van der Waals surface area contributed by atoms with Crippen LogP contribution in [-0.4, -0.2) is 89.4 Å². The predicted molar refractivity (Wildman–Crippen MR) is 140 cm³/mol. The molecule has 0 fully saturated rings. The van der Waals surface area contributed by atoms with E-state index in [-0.39, 0.29) is 19.5 Å². The topological polar surface area (TPSA) is 130 Å². The van der Waals surface area contributed by atoms with Crippen molar-refractivity contribution in [1.29, 1.82) is 0 Å². The minimum atomic E-state index is -4.90. The van der Waals surface area contributed by atoms with Gasteiger partial charge in [0.05, 0.1) is 6.10 Å². The van der Waals surface area contributed by atoms with Gasteiger partial charge in [0.15, 0.2) is 0 Å². The third-order valence-corrected chi connectivity index (χ3v) is 6.35. The standard InChI is InChI=1S/C26H36F4N6O4/c1-4-17-8-9-18(34-23(17)31-2)7-5-6-11-36(15-19(13-27)40-3)12-10-21(25(38)39)35-24(37)22-20(26(28,29)30)14-32-16-33-22/h8-9,14,16,19,21H,4-7,10-13,15H2,1-3H3,(H,31,34)(H,35,37)(H,38,39). The molecule has 0 aliphatic carbocycles. The Morgan fingerprint density at radius 3 is 2.55 bits per heavy atom. The third kappa shape index (κ3) is 9.97. The van der Waals surface area contributed by atoms with Crippen molar-refractivity contribution in [2.24, 2.45) is 0 Å². The Kier molecular flexibility index (Phi) is 13.1. The molecule has 2 rings (SSSR count). The second-order valence-electron chi connectivity index (χ2n) is 9.12. The number of methoxy groups -OCH3 is 1. The van der Waals surface area contributed by atoms with E-state index in [2.05, 4.69) is 25.6 Å². The van der Waals surface area contributed by atoms with Crippen LogP contribution in [0.5, 0.6) is 0 Å². The summed E-state index contributed by atoms with van der Waals surface area (Å²) >= 11 is 0. The number of halogens is 4. The number of carboxylic acids is 1. The molecule has 14 heteroatoms. The molecule has 2 atom stereocenters. The van der Waals surface area contributed by atoms with Gasteiger partial charge in [-0.25, -0.2) is 24.1 Å². The van der Waals surface area contributed by atoms with Gasteiger partial charge in [-0.3, -0.25) is 4.79 Å². The van der Waals surface area contributed by atoms with E-state index < -0.39 is 48.1 Å². The number of hydrogen-bond donors (Lipinski definition) is 3. The van der Waals surface area contributed by atoms with Gasteiger partial charge in [-0.2, -0.15) is 13.2 Å². The van der Waals surface area contributed by atoms with Crippen molar-refractivity contribution in [1.82, 2.24) is 25.2 Å². The van der Waals surface area contributed by atoms with Gasteiger partial charge in [0.25, 0.3) is 5.91 Å². The van der Waals surface area contributed by atoms with Crippen LogP contribution in [0.1, 0.15) is 53.5 Å². The van der Waals surface area contributed by atoms with Crippen LogP contribution in [0, 0.1) is 0 Å². The molecule has 10 nitrogen and oxygen atoms in total. The molecule has 0 spiro atoms. The van der Waals surface area contributed by atoms with E-state index in [0.717, 1.165) is 36.2 Å². The van der Waals surface area contributed by atoms with Crippen LogP contribution in [0.3, 0.4) is 0 Å². The average Bonchev–Trinajstić information content (AvgIpc) is 2.94. The Bertz CT molecular complexity index is 1100. The Morgan fingerprint density at radius 2 is 1.95 bits per heavy atom. The Labute approximate surface area is 230 Å². The number of aliphatic carboxylic acids is 1. The van der Waals surface area contributed by atoms with Gasteiger partial charge in [0, 0.05) is 39.1 Å². The molecule has 2 unspecified atom stereocenters. The number of alkyl halides is 4. The number of aryl methyl sites for hydroxylation is 2. The fourth-order valence-corrected chi connectivity index (χ4v) is 4.09. The molecule has 0 radical (unpaired) electrons. The van der Waals surface area contributed by atoms with Crippen LogP contribution in [-0.2, 0) is 28.5 Å². The third-order valence-electron chi connectivity index (χ3n) is 6.35. The van der Waals surface area contributed by atoms with E-state index in [1.165, 1.54) is 7.11 Å². The van der Waals surface area contributed by atoms with Gasteiger partial charge in [0.2, 0.25) is 0 Å². The van der Waals surface area contributed by atoms with Gasteiger partial charge in [-0.1, -0.05) is 13.0 Å². The fourth-order valence-electron chi connectivity index (χ4n) is 4.09. The van der Waals surface area contributed by atoms with Crippen LogP contribution >= 0.6 is 0 Å². The summed E-state index contributed by atoms with van der Waals surface area (Å²) in [6, 6.07) is 2.51. The predicted octanol–water partition coefficient (Wildman–Crippen LogP) is 3.38. The molecular formula is C26H36F4N6O4. The smallest absolute Gasteiger partial charge is 0.420 e. The molecule has 2 aromatic rings. The van der Waals surface area contributed by atoms with E-state index in [9.17, 15) is 32.3 Å². The maximum Gasteiger partial charge on any atom is 0.420 e. The fraction of sp³-hybridized carbons (Fsp3) is 0.577. The van der Waals surface area contributed by atoms with Gasteiger partial charge in [-0.15, -0.1) is 0 Å². The van der Waals surface area contributed by atoms with Crippen molar-refractivity contribution in [3.05, 3.63) is 47.2 Å². The minimum absolute atomic E-state index is 0.125. The number of carboxylic acid groups (broad SMARTS) is 1. The van der Waals surface area contributed by atoms with E-state index >= 15 is 0 Å². The monoisotopic (exact) mass is 572 g/mol. The lowest BCUT2D eigenvalue weighted by molar-refractivity contribution is -0.139. The zero-order valence-electron chi connectivity index (χ0n) is 22.8. The highest BCUT2D eigenvalue weighted by atomic mass is 19.4. The molecule has 0 aliphatic heterocycles. The van der Waals surface area contributed by atoms with Crippen molar-refractivity contribution >= 4 is 17.7 Å². The Morgan fingerprint density at radius 1 is 1.20 bits per heavy atom. The summed E-state index contributed by atoms with van der Waals surface area (Å²) in [7, 11) is 3.18. The highest BCUT2D eigenvalue weighted by Crippen LogP contribution is 2.30. The van der Waals surface area contributed by atoms with Gasteiger partial charge in [-0.05, 0) is 50.3 Å². The molecule has 2 heterocycles. The second kappa shape index (κ2) is 16.0. The summed E-state index contributed by atoms with van der Waals surface area (Å²) in [5.74, 6) is -1.88. The van der Waals surface area contributed by atoms with Gasteiger partial charge in [0.1, 0.15) is 36.1 Å². The molecule has 0 saturated carbocycles. The highest BCUT2D eigenvalue weighted by molar-refractivity contribution is 5.96. The maximum atomic E-state index is 13.4. The summed E-state index contributed by atoms with van der Waals surface area (Å²) in [4.78, 5) is 37.5. The highest BCUT2D eigenvalue weighted by Gasteiger charge is 2.37. The van der Waals surface area contributed by atoms with Gasteiger partial charge >= 0.3 is 12.1 Å².